The van der Waals surface area contributed by atoms with E-state index in [0.29, 0.717) is 22.4 Å². The summed E-state index contributed by atoms with van der Waals surface area (Å²) in [5.41, 5.74) is 2.25. The minimum atomic E-state index is -3.46. The molecule has 0 bridgehead atoms. The number of fused-ring (bicyclic) bond motifs is 2. The highest BCUT2D eigenvalue weighted by Crippen LogP contribution is 2.40. The third-order valence-electron chi connectivity index (χ3n) is 3.86. The smallest absolute Gasteiger partial charge is 0.337 e. The van der Waals surface area contributed by atoms with Crippen LogP contribution in [-0.4, -0.2) is 27.8 Å². The highest BCUT2D eigenvalue weighted by Gasteiger charge is 2.32. The molecular weight excluding hydrogens is 316 g/mol. The molecule has 0 fully saturated rings. The van der Waals surface area contributed by atoms with E-state index in [1.165, 1.54) is 19.4 Å². The SMILES string of the molecule is COC(=O)c1ccc2c(c1)C(S(C)(=O)=O)c1ccccc1CO2. The molecule has 1 heterocycles. The number of methoxy groups -OCH3 is 1. The summed E-state index contributed by atoms with van der Waals surface area (Å²) in [4.78, 5) is 11.8. The maximum absolute atomic E-state index is 12.4. The Bertz CT molecular complexity index is 870. The second kappa shape index (κ2) is 5.70. The van der Waals surface area contributed by atoms with Crippen LogP contribution in [0.25, 0.3) is 0 Å². The number of esters is 1. The van der Waals surface area contributed by atoms with E-state index in [9.17, 15) is 13.2 Å². The van der Waals surface area contributed by atoms with Crippen molar-refractivity contribution in [2.75, 3.05) is 13.4 Å². The predicted octanol–water partition coefficient (Wildman–Crippen LogP) is 2.50. The van der Waals surface area contributed by atoms with Gasteiger partial charge in [-0.3, -0.25) is 0 Å². The molecule has 0 aromatic heterocycles. The van der Waals surface area contributed by atoms with E-state index < -0.39 is 21.1 Å². The van der Waals surface area contributed by atoms with Crippen molar-refractivity contribution in [1.82, 2.24) is 0 Å². The molecule has 1 unspecified atom stereocenters. The van der Waals surface area contributed by atoms with Crippen LogP contribution in [-0.2, 0) is 21.2 Å². The van der Waals surface area contributed by atoms with E-state index in [4.69, 9.17) is 9.47 Å². The van der Waals surface area contributed by atoms with Crippen molar-refractivity contribution in [1.29, 1.82) is 0 Å². The first kappa shape index (κ1) is 15.6. The molecule has 0 radical (unpaired) electrons. The molecule has 0 aliphatic carbocycles. The first-order valence-corrected chi connectivity index (χ1v) is 8.99. The Morgan fingerprint density at radius 2 is 1.91 bits per heavy atom. The molecule has 23 heavy (non-hydrogen) atoms. The molecule has 120 valence electrons. The Hall–Kier alpha value is -2.34. The normalized spacial score (nSPS) is 16.5. The van der Waals surface area contributed by atoms with E-state index in [2.05, 4.69) is 0 Å². The van der Waals surface area contributed by atoms with E-state index >= 15 is 0 Å². The molecule has 1 aliphatic rings. The van der Waals surface area contributed by atoms with Crippen molar-refractivity contribution >= 4 is 15.8 Å². The maximum Gasteiger partial charge on any atom is 0.337 e. The number of benzene rings is 2. The topological polar surface area (TPSA) is 69.7 Å². The van der Waals surface area contributed by atoms with E-state index in [-0.39, 0.29) is 6.61 Å². The Morgan fingerprint density at radius 1 is 1.17 bits per heavy atom. The van der Waals surface area contributed by atoms with Crippen molar-refractivity contribution in [2.45, 2.75) is 11.9 Å². The molecule has 3 rings (SSSR count). The molecule has 0 saturated heterocycles. The molecule has 1 atom stereocenters. The Labute approximate surface area is 134 Å². The van der Waals surface area contributed by atoms with Crippen LogP contribution in [0.4, 0.5) is 0 Å². The number of hydrogen-bond acceptors (Lipinski definition) is 5. The third kappa shape index (κ3) is 2.82. The molecule has 0 saturated carbocycles. The van der Waals surface area contributed by atoms with Gasteiger partial charge in [-0.2, -0.15) is 0 Å². The van der Waals surface area contributed by atoms with Crippen molar-refractivity contribution in [3.8, 4) is 5.75 Å². The summed E-state index contributed by atoms with van der Waals surface area (Å²) in [7, 11) is -2.17. The second-order valence-electron chi connectivity index (χ2n) is 5.44. The molecule has 0 spiro atoms. The minimum Gasteiger partial charge on any atom is -0.489 e. The molecular formula is C17H16O5S. The van der Waals surface area contributed by atoms with Crippen molar-refractivity contribution < 1.29 is 22.7 Å². The minimum absolute atomic E-state index is 0.284. The standard InChI is InChI=1S/C17H16O5S/c1-21-17(18)11-7-8-15-14(9-11)16(23(2,19)20)13-6-4-3-5-12(13)10-22-15/h3-9,16H,10H2,1-2H3. The first-order chi connectivity index (χ1) is 10.9. The van der Waals surface area contributed by atoms with Crippen LogP contribution >= 0.6 is 0 Å². The number of hydrogen-bond donors (Lipinski definition) is 0. The number of rotatable bonds is 2. The lowest BCUT2D eigenvalue weighted by Crippen LogP contribution is -2.14. The zero-order valence-electron chi connectivity index (χ0n) is 12.8. The van der Waals surface area contributed by atoms with Gasteiger partial charge in [0.05, 0.1) is 12.7 Å². The van der Waals surface area contributed by atoms with Crippen LogP contribution in [0.2, 0.25) is 0 Å². The zero-order valence-corrected chi connectivity index (χ0v) is 13.6. The van der Waals surface area contributed by atoms with Crippen molar-refractivity contribution in [3.63, 3.8) is 0 Å². The first-order valence-electron chi connectivity index (χ1n) is 7.03. The van der Waals surface area contributed by atoms with Gasteiger partial charge in [0.25, 0.3) is 0 Å². The number of carbonyl (C=O) groups is 1. The van der Waals surface area contributed by atoms with Gasteiger partial charge >= 0.3 is 5.97 Å². The fourth-order valence-electron chi connectivity index (χ4n) is 2.84. The highest BCUT2D eigenvalue weighted by molar-refractivity contribution is 7.91. The lowest BCUT2D eigenvalue weighted by atomic mass is 9.98. The molecule has 6 heteroatoms. The van der Waals surface area contributed by atoms with Crippen LogP contribution in [0, 0.1) is 0 Å². The van der Waals surface area contributed by atoms with Crippen molar-refractivity contribution in [3.05, 3.63) is 64.7 Å². The van der Waals surface area contributed by atoms with E-state index in [0.717, 1.165) is 5.56 Å². The largest absolute Gasteiger partial charge is 0.489 e. The second-order valence-corrected chi connectivity index (χ2v) is 7.57. The average molecular weight is 332 g/mol. The summed E-state index contributed by atoms with van der Waals surface area (Å²) < 4.78 is 35.4. The quantitative estimate of drug-likeness (QED) is 0.790. The fourth-order valence-corrected chi connectivity index (χ4v) is 4.17. The summed E-state index contributed by atoms with van der Waals surface area (Å²) >= 11 is 0. The van der Waals surface area contributed by atoms with Gasteiger partial charge < -0.3 is 9.47 Å². The molecule has 2 aromatic rings. The Morgan fingerprint density at radius 3 is 2.61 bits per heavy atom. The third-order valence-corrected chi connectivity index (χ3v) is 5.23. The summed E-state index contributed by atoms with van der Waals surface area (Å²) in [5, 5.41) is -0.874. The lowest BCUT2D eigenvalue weighted by Gasteiger charge is -2.17. The summed E-state index contributed by atoms with van der Waals surface area (Å²) in [6.07, 6.45) is 1.19. The zero-order chi connectivity index (χ0) is 16.6. The van der Waals surface area contributed by atoms with Gasteiger partial charge in [0.2, 0.25) is 0 Å². The van der Waals surface area contributed by atoms with E-state index in [1.807, 2.05) is 12.1 Å². The molecule has 2 aromatic carbocycles. The van der Waals surface area contributed by atoms with E-state index in [1.54, 1.807) is 24.3 Å². The molecule has 5 nitrogen and oxygen atoms in total. The predicted molar refractivity (Wildman–Crippen MR) is 85.2 cm³/mol. The fraction of sp³-hybridized carbons (Fsp3) is 0.235. The summed E-state index contributed by atoms with van der Waals surface area (Å²) in [6, 6.07) is 12.0. The summed E-state index contributed by atoms with van der Waals surface area (Å²) in [6.45, 7) is 0.284. The Kier molecular flexibility index (Phi) is 3.85. The monoisotopic (exact) mass is 332 g/mol. The van der Waals surface area contributed by atoms with Gasteiger partial charge in [-0.25, -0.2) is 13.2 Å². The average Bonchev–Trinajstić information content (AvgIpc) is 2.69. The Balaban J connectivity index is 2.27. The van der Waals surface area contributed by atoms with Gasteiger partial charge in [-0.15, -0.1) is 0 Å². The summed E-state index contributed by atoms with van der Waals surface area (Å²) in [5.74, 6) is -0.0538. The van der Waals surface area contributed by atoms with Gasteiger partial charge in [0.1, 0.15) is 17.6 Å². The maximum atomic E-state index is 12.4. The highest BCUT2D eigenvalue weighted by atomic mass is 32.2. The van der Waals surface area contributed by atoms with Gasteiger partial charge in [0.15, 0.2) is 9.84 Å². The van der Waals surface area contributed by atoms with Crippen LogP contribution in [0.3, 0.4) is 0 Å². The van der Waals surface area contributed by atoms with Crippen LogP contribution in [0.5, 0.6) is 5.75 Å². The van der Waals surface area contributed by atoms with Gasteiger partial charge in [0, 0.05) is 11.8 Å². The lowest BCUT2D eigenvalue weighted by molar-refractivity contribution is 0.0600. The number of carbonyl (C=O) groups excluding carboxylic acids is 1. The van der Waals surface area contributed by atoms with Crippen LogP contribution in [0.1, 0.15) is 32.3 Å². The van der Waals surface area contributed by atoms with Crippen LogP contribution < -0.4 is 4.74 Å². The molecule has 0 amide bonds. The van der Waals surface area contributed by atoms with Gasteiger partial charge in [-0.1, -0.05) is 24.3 Å². The van der Waals surface area contributed by atoms with Crippen molar-refractivity contribution in [2.24, 2.45) is 0 Å². The molecule has 0 N–H and O–H groups in total. The molecule has 1 aliphatic heterocycles. The number of sulfone groups is 1. The number of ether oxygens (including phenoxy) is 2. The van der Waals surface area contributed by atoms with Gasteiger partial charge in [-0.05, 0) is 29.3 Å². The van der Waals surface area contributed by atoms with Crippen LogP contribution in [0.15, 0.2) is 42.5 Å².